The smallest absolute Gasteiger partial charge is 0.255 e. The molecular weight excluding hydrogens is 261 g/mol. The topological polar surface area (TPSA) is 63.1 Å². The van der Waals surface area contributed by atoms with E-state index < -0.39 is 6.17 Å². The first kappa shape index (κ1) is 11.4. The summed E-state index contributed by atoms with van der Waals surface area (Å²) in [5.41, 5.74) is 2.15. The molecule has 2 aliphatic heterocycles. The van der Waals surface area contributed by atoms with Crippen molar-refractivity contribution in [3.8, 4) is 5.69 Å². The van der Waals surface area contributed by atoms with Crippen molar-refractivity contribution >= 4 is 11.7 Å². The molecule has 2 aliphatic rings. The summed E-state index contributed by atoms with van der Waals surface area (Å²) in [7, 11) is 0. The number of alkyl halides is 1. The van der Waals surface area contributed by atoms with Gasteiger partial charge in [0, 0.05) is 6.20 Å². The second kappa shape index (κ2) is 4.03. The Labute approximate surface area is 114 Å². The van der Waals surface area contributed by atoms with Crippen molar-refractivity contribution in [1.82, 2.24) is 20.1 Å². The molecule has 0 atom stereocenters. The molecular formula is C13H12FN5O. The quantitative estimate of drug-likeness (QED) is 0.873. The lowest BCUT2D eigenvalue weighted by Gasteiger charge is -2.35. The number of halogens is 1. The van der Waals surface area contributed by atoms with E-state index in [4.69, 9.17) is 0 Å². The minimum Gasteiger partial charge on any atom is -0.351 e. The number of pyridine rings is 1. The van der Waals surface area contributed by atoms with Crippen LogP contribution < -0.4 is 10.2 Å². The van der Waals surface area contributed by atoms with Crippen molar-refractivity contribution in [2.75, 3.05) is 18.0 Å². The second-order valence-corrected chi connectivity index (χ2v) is 4.99. The molecule has 2 aromatic rings. The first-order chi connectivity index (χ1) is 9.70. The van der Waals surface area contributed by atoms with Crippen LogP contribution in [-0.2, 0) is 6.54 Å². The van der Waals surface area contributed by atoms with E-state index in [0.717, 1.165) is 17.2 Å². The van der Waals surface area contributed by atoms with Gasteiger partial charge >= 0.3 is 0 Å². The molecule has 0 spiro atoms. The summed E-state index contributed by atoms with van der Waals surface area (Å²) in [5, 5.41) is 7.07. The number of hydrogen-bond donors (Lipinski definition) is 1. The summed E-state index contributed by atoms with van der Waals surface area (Å²) in [6, 6.07) is 3.71. The fraction of sp³-hybridized carbons (Fsp3) is 0.308. The van der Waals surface area contributed by atoms with Crippen molar-refractivity contribution in [3.05, 3.63) is 35.8 Å². The van der Waals surface area contributed by atoms with Gasteiger partial charge in [0.2, 0.25) is 0 Å². The maximum atomic E-state index is 12.8. The highest BCUT2D eigenvalue weighted by molar-refractivity contribution is 5.97. The van der Waals surface area contributed by atoms with Gasteiger partial charge in [0.25, 0.3) is 5.91 Å². The average molecular weight is 273 g/mol. The number of nitrogens with zero attached hydrogens (tertiary/aromatic N) is 4. The van der Waals surface area contributed by atoms with Crippen molar-refractivity contribution < 1.29 is 9.18 Å². The van der Waals surface area contributed by atoms with Gasteiger partial charge in [-0.15, -0.1) is 0 Å². The molecule has 102 valence electrons. The van der Waals surface area contributed by atoms with Crippen LogP contribution in [0.1, 0.15) is 16.1 Å². The van der Waals surface area contributed by atoms with Gasteiger partial charge in [-0.3, -0.25) is 4.79 Å². The highest BCUT2D eigenvalue weighted by atomic mass is 19.1. The summed E-state index contributed by atoms with van der Waals surface area (Å²) in [5.74, 6) is 0.672. The summed E-state index contributed by atoms with van der Waals surface area (Å²) < 4.78 is 14.5. The third kappa shape index (κ3) is 1.66. The number of hydrogen-bond acceptors (Lipinski definition) is 4. The minimum atomic E-state index is -0.746. The Kier molecular flexibility index (Phi) is 2.29. The average Bonchev–Trinajstić information content (AvgIpc) is 2.98. The van der Waals surface area contributed by atoms with E-state index in [9.17, 15) is 9.18 Å². The summed E-state index contributed by atoms with van der Waals surface area (Å²) in [4.78, 5) is 17.7. The summed E-state index contributed by atoms with van der Waals surface area (Å²) in [6.45, 7) is 1.28. The van der Waals surface area contributed by atoms with Crippen molar-refractivity contribution in [3.63, 3.8) is 0 Å². The van der Waals surface area contributed by atoms with Crippen LogP contribution >= 0.6 is 0 Å². The van der Waals surface area contributed by atoms with Crippen LogP contribution in [0, 0.1) is 0 Å². The molecule has 0 aromatic carbocycles. The predicted molar refractivity (Wildman–Crippen MR) is 69.6 cm³/mol. The molecule has 0 bridgehead atoms. The molecule has 7 heteroatoms. The van der Waals surface area contributed by atoms with Crippen LogP contribution in [0.4, 0.5) is 10.2 Å². The van der Waals surface area contributed by atoms with E-state index in [1.54, 1.807) is 17.1 Å². The van der Waals surface area contributed by atoms with Gasteiger partial charge in [-0.05, 0) is 12.1 Å². The molecule has 1 amide bonds. The summed E-state index contributed by atoms with van der Waals surface area (Å²) >= 11 is 0. The van der Waals surface area contributed by atoms with Gasteiger partial charge in [-0.1, -0.05) is 0 Å². The molecule has 6 nitrogen and oxygen atoms in total. The van der Waals surface area contributed by atoms with E-state index in [1.165, 1.54) is 0 Å². The molecule has 1 fully saturated rings. The fourth-order valence-electron chi connectivity index (χ4n) is 2.43. The number of nitrogens with one attached hydrogen (secondary N) is 1. The Morgan fingerprint density at radius 1 is 1.35 bits per heavy atom. The minimum absolute atomic E-state index is 0.0922. The van der Waals surface area contributed by atoms with Gasteiger partial charge in [-0.25, -0.2) is 14.1 Å². The zero-order chi connectivity index (χ0) is 13.7. The lowest BCUT2D eigenvalue weighted by molar-refractivity contribution is 0.0965. The molecule has 20 heavy (non-hydrogen) atoms. The molecule has 4 heterocycles. The van der Waals surface area contributed by atoms with E-state index in [1.807, 2.05) is 17.0 Å². The lowest BCUT2D eigenvalue weighted by Crippen LogP contribution is -2.48. The third-order valence-electron chi connectivity index (χ3n) is 3.61. The molecule has 0 aliphatic carbocycles. The molecule has 1 N–H and O–H groups in total. The van der Waals surface area contributed by atoms with Gasteiger partial charge in [0.05, 0.1) is 42.8 Å². The van der Waals surface area contributed by atoms with Gasteiger partial charge in [0.1, 0.15) is 12.0 Å². The Hall–Kier alpha value is -2.44. The SMILES string of the molecule is O=C1NCc2nn(-c3ccc(N4CC(F)C4)nc3)cc21. The normalized spacial score (nSPS) is 17.9. The zero-order valence-corrected chi connectivity index (χ0v) is 10.6. The maximum Gasteiger partial charge on any atom is 0.255 e. The van der Waals surface area contributed by atoms with Crippen molar-refractivity contribution in [2.24, 2.45) is 0 Å². The number of aromatic nitrogens is 3. The second-order valence-electron chi connectivity index (χ2n) is 4.99. The zero-order valence-electron chi connectivity index (χ0n) is 10.6. The van der Waals surface area contributed by atoms with E-state index in [0.29, 0.717) is 25.2 Å². The molecule has 0 saturated carbocycles. The molecule has 2 aromatic heterocycles. The molecule has 1 saturated heterocycles. The standard InChI is InChI=1S/C13H12FN5O/c14-8-5-18(6-8)12-2-1-9(3-15-12)19-7-10-11(17-19)4-16-13(10)20/h1-3,7-8H,4-6H2,(H,16,20). The number of rotatable bonds is 2. The van der Waals surface area contributed by atoms with Gasteiger partial charge in [0.15, 0.2) is 0 Å². The van der Waals surface area contributed by atoms with Crippen LogP contribution in [0.3, 0.4) is 0 Å². The van der Waals surface area contributed by atoms with Crippen molar-refractivity contribution in [1.29, 1.82) is 0 Å². The number of fused-ring (bicyclic) bond motifs is 1. The highest BCUT2D eigenvalue weighted by Gasteiger charge is 2.27. The van der Waals surface area contributed by atoms with Crippen LogP contribution in [0.5, 0.6) is 0 Å². The van der Waals surface area contributed by atoms with Gasteiger partial charge < -0.3 is 10.2 Å². The van der Waals surface area contributed by atoms with Crippen LogP contribution in [0.25, 0.3) is 5.69 Å². The van der Waals surface area contributed by atoms with Crippen LogP contribution in [-0.4, -0.2) is 39.9 Å². The highest BCUT2D eigenvalue weighted by Crippen LogP contribution is 2.22. The monoisotopic (exact) mass is 273 g/mol. The molecule has 4 rings (SSSR count). The van der Waals surface area contributed by atoms with E-state index >= 15 is 0 Å². The Morgan fingerprint density at radius 3 is 2.85 bits per heavy atom. The number of carbonyl (C=O) groups is 1. The number of carbonyl (C=O) groups excluding carboxylic acids is 1. The van der Waals surface area contributed by atoms with Crippen LogP contribution in [0.15, 0.2) is 24.5 Å². The Bertz CT molecular complexity index is 675. The van der Waals surface area contributed by atoms with Crippen LogP contribution in [0.2, 0.25) is 0 Å². The summed E-state index contributed by atoms with van der Waals surface area (Å²) in [6.07, 6.45) is 2.64. The largest absolute Gasteiger partial charge is 0.351 e. The number of amides is 1. The van der Waals surface area contributed by atoms with Crippen molar-refractivity contribution in [2.45, 2.75) is 12.7 Å². The fourth-order valence-corrected chi connectivity index (χ4v) is 2.43. The van der Waals surface area contributed by atoms with E-state index in [2.05, 4.69) is 15.4 Å². The first-order valence-corrected chi connectivity index (χ1v) is 6.43. The lowest BCUT2D eigenvalue weighted by atomic mass is 10.2. The predicted octanol–water partition coefficient (Wildman–Crippen LogP) is 0.669. The Morgan fingerprint density at radius 2 is 2.20 bits per heavy atom. The third-order valence-corrected chi connectivity index (χ3v) is 3.61. The number of anilines is 1. The van der Waals surface area contributed by atoms with E-state index in [-0.39, 0.29) is 5.91 Å². The molecule has 0 radical (unpaired) electrons. The first-order valence-electron chi connectivity index (χ1n) is 6.43. The maximum absolute atomic E-state index is 12.8. The van der Waals surface area contributed by atoms with Gasteiger partial charge in [-0.2, -0.15) is 5.10 Å². The molecule has 0 unspecified atom stereocenters. The Balaban J connectivity index is 1.60.